The molecule has 138 valence electrons. The number of oxime groups is 1. The minimum Gasteiger partial charge on any atom is -0.493 e. The number of hydrogen-bond donors (Lipinski definition) is 0. The number of nitrogens with zero attached hydrogens (tertiary/aromatic N) is 4. The number of aromatic nitrogens is 2. The lowest BCUT2D eigenvalue weighted by molar-refractivity contribution is 0.160. The summed E-state index contributed by atoms with van der Waals surface area (Å²) in [4.78, 5) is 7.20. The maximum absolute atomic E-state index is 5.94. The topological polar surface area (TPSA) is 59.8 Å². The third kappa shape index (κ3) is 5.33. The number of halogens is 1. The minimum absolute atomic E-state index is 0.423. The number of rotatable bonds is 7. The van der Waals surface area contributed by atoms with E-state index in [2.05, 4.69) is 20.3 Å². The van der Waals surface area contributed by atoms with Crippen LogP contribution in [0.5, 0.6) is 5.75 Å². The van der Waals surface area contributed by atoms with Crippen LogP contribution in [0.1, 0.15) is 25.3 Å². The van der Waals surface area contributed by atoms with Gasteiger partial charge in [-0.15, -0.1) is 10.2 Å². The Hall–Kier alpha value is -2.34. The molecule has 1 aliphatic heterocycles. The molecule has 2 aromatic rings. The van der Waals surface area contributed by atoms with Crippen molar-refractivity contribution in [1.29, 1.82) is 0 Å². The van der Waals surface area contributed by atoms with E-state index in [-0.39, 0.29) is 0 Å². The molecule has 0 spiro atoms. The first-order valence-corrected chi connectivity index (χ1v) is 9.25. The van der Waals surface area contributed by atoms with Crippen LogP contribution in [0.2, 0.25) is 5.15 Å². The highest BCUT2D eigenvalue weighted by Gasteiger charge is 2.21. The SMILES string of the molecule is CCO/N=C/c1ccc(OCC2CCN(c3ccc(Cl)nn3)CC2)cc1. The van der Waals surface area contributed by atoms with Crippen molar-refractivity contribution in [1.82, 2.24) is 10.2 Å². The second kappa shape index (κ2) is 9.38. The second-order valence-corrected chi connectivity index (χ2v) is 6.56. The quantitative estimate of drug-likeness (QED) is 0.545. The Morgan fingerprint density at radius 3 is 2.58 bits per heavy atom. The van der Waals surface area contributed by atoms with Crippen molar-refractivity contribution < 1.29 is 9.57 Å². The molecule has 6 nitrogen and oxygen atoms in total. The Morgan fingerprint density at radius 1 is 1.15 bits per heavy atom. The predicted molar refractivity (Wildman–Crippen MR) is 103 cm³/mol. The number of ether oxygens (including phenoxy) is 1. The van der Waals surface area contributed by atoms with Crippen LogP contribution < -0.4 is 9.64 Å². The van der Waals surface area contributed by atoms with Crippen molar-refractivity contribution in [2.75, 3.05) is 31.2 Å². The average molecular weight is 375 g/mol. The number of anilines is 1. The van der Waals surface area contributed by atoms with Gasteiger partial charge in [-0.25, -0.2) is 0 Å². The van der Waals surface area contributed by atoms with E-state index in [1.165, 1.54) is 0 Å². The molecule has 0 radical (unpaired) electrons. The van der Waals surface area contributed by atoms with E-state index in [9.17, 15) is 0 Å². The Labute approximate surface area is 158 Å². The summed E-state index contributed by atoms with van der Waals surface area (Å²) in [5.41, 5.74) is 0.989. The fraction of sp³-hybridized carbons (Fsp3) is 0.421. The van der Waals surface area contributed by atoms with Crippen molar-refractivity contribution in [2.24, 2.45) is 11.1 Å². The highest BCUT2D eigenvalue weighted by atomic mass is 35.5. The van der Waals surface area contributed by atoms with Gasteiger partial charge in [0.2, 0.25) is 0 Å². The smallest absolute Gasteiger partial charge is 0.151 e. The van der Waals surface area contributed by atoms with E-state index in [0.29, 0.717) is 17.7 Å². The second-order valence-electron chi connectivity index (χ2n) is 6.18. The fourth-order valence-corrected chi connectivity index (χ4v) is 2.94. The Morgan fingerprint density at radius 2 is 1.92 bits per heavy atom. The molecule has 0 unspecified atom stereocenters. The van der Waals surface area contributed by atoms with Gasteiger partial charge >= 0.3 is 0 Å². The van der Waals surface area contributed by atoms with E-state index < -0.39 is 0 Å². The fourth-order valence-electron chi connectivity index (χ4n) is 2.84. The van der Waals surface area contributed by atoms with Crippen LogP contribution in [0.3, 0.4) is 0 Å². The number of hydrogen-bond acceptors (Lipinski definition) is 6. The summed E-state index contributed by atoms with van der Waals surface area (Å²) in [5, 5.41) is 12.3. The van der Waals surface area contributed by atoms with Gasteiger partial charge in [-0.1, -0.05) is 16.8 Å². The lowest BCUT2D eigenvalue weighted by atomic mass is 9.98. The van der Waals surface area contributed by atoms with Gasteiger partial charge in [0.05, 0.1) is 12.8 Å². The zero-order valence-electron chi connectivity index (χ0n) is 14.8. The van der Waals surface area contributed by atoms with Crippen LogP contribution >= 0.6 is 11.6 Å². The Balaban J connectivity index is 1.43. The monoisotopic (exact) mass is 374 g/mol. The van der Waals surface area contributed by atoms with Gasteiger partial charge in [-0.05, 0) is 67.6 Å². The molecule has 1 aromatic heterocycles. The minimum atomic E-state index is 0.423. The third-order valence-electron chi connectivity index (χ3n) is 4.33. The van der Waals surface area contributed by atoms with Crippen molar-refractivity contribution in [2.45, 2.75) is 19.8 Å². The van der Waals surface area contributed by atoms with Crippen LogP contribution in [-0.4, -0.2) is 42.7 Å². The van der Waals surface area contributed by atoms with Crippen LogP contribution in [0.4, 0.5) is 5.82 Å². The molecule has 3 rings (SSSR count). The van der Waals surface area contributed by atoms with Crippen molar-refractivity contribution in [3.63, 3.8) is 0 Å². The van der Waals surface area contributed by atoms with Crippen LogP contribution in [0, 0.1) is 5.92 Å². The van der Waals surface area contributed by atoms with Gasteiger partial charge in [0.1, 0.15) is 12.4 Å². The molecule has 2 heterocycles. The highest BCUT2D eigenvalue weighted by molar-refractivity contribution is 6.29. The van der Waals surface area contributed by atoms with E-state index in [1.807, 2.05) is 37.3 Å². The number of benzene rings is 1. The molecule has 1 saturated heterocycles. The molecule has 7 heteroatoms. The first-order chi connectivity index (χ1) is 12.7. The van der Waals surface area contributed by atoms with Crippen LogP contribution in [0.15, 0.2) is 41.6 Å². The molecule has 1 fully saturated rings. The normalized spacial score (nSPS) is 15.4. The molecule has 0 aliphatic carbocycles. The molecular weight excluding hydrogens is 352 g/mol. The molecule has 0 N–H and O–H groups in total. The van der Waals surface area contributed by atoms with E-state index in [1.54, 1.807) is 12.3 Å². The van der Waals surface area contributed by atoms with Gasteiger partial charge in [-0.3, -0.25) is 0 Å². The zero-order valence-corrected chi connectivity index (χ0v) is 15.6. The molecule has 26 heavy (non-hydrogen) atoms. The van der Waals surface area contributed by atoms with Crippen LogP contribution in [-0.2, 0) is 4.84 Å². The maximum atomic E-state index is 5.94. The molecule has 0 atom stereocenters. The first kappa shape index (κ1) is 18.5. The Bertz CT molecular complexity index is 698. The molecular formula is C19H23ClN4O2. The highest BCUT2D eigenvalue weighted by Crippen LogP contribution is 2.23. The molecule has 1 aliphatic rings. The van der Waals surface area contributed by atoms with E-state index in [0.717, 1.165) is 49.7 Å². The third-order valence-corrected chi connectivity index (χ3v) is 4.53. The van der Waals surface area contributed by atoms with E-state index in [4.69, 9.17) is 21.2 Å². The van der Waals surface area contributed by atoms with Crippen molar-refractivity contribution in [3.05, 3.63) is 47.1 Å². The molecule has 0 amide bonds. The zero-order chi connectivity index (χ0) is 18.2. The van der Waals surface area contributed by atoms with Crippen molar-refractivity contribution >= 4 is 23.6 Å². The van der Waals surface area contributed by atoms with Gasteiger partial charge in [0.15, 0.2) is 11.0 Å². The summed E-state index contributed by atoms with van der Waals surface area (Å²) in [5.74, 6) is 2.31. The van der Waals surface area contributed by atoms with Gasteiger partial charge in [0.25, 0.3) is 0 Å². The molecule has 0 bridgehead atoms. The lowest BCUT2D eigenvalue weighted by Crippen LogP contribution is -2.36. The summed E-state index contributed by atoms with van der Waals surface area (Å²) >= 11 is 5.79. The average Bonchev–Trinajstić information content (AvgIpc) is 2.69. The molecule has 0 saturated carbocycles. The summed E-state index contributed by atoms with van der Waals surface area (Å²) in [6.07, 6.45) is 3.84. The standard InChI is InChI=1S/C19H23ClN4O2/c1-2-26-21-13-15-3-5-17(6-4-15)25-14-16-9-11-24(12-10-16)19-8-7-18(20)22-23-19/h3-8,13,16H,2,9-12,14H2,1H3/b21-13+. The number of piperidine rings is 1. The van der Waals surface area contributed by atoms with Gasteiger partial charge in [-0.2, -0.15) is 0 Å². The summed E-state index contributed by atoms with van der Waals surface area (Å²) in [6.45, 7) is 5.11. The molecule has 1 aromatic carbocycles. The Kier molecular flexibility index (Phi) is 6.66. The van der Waals surface area contributed by atoms with Crippen LogP contribution in [0.25, 0.3) is 0 Å². The summed E-state index contributed by atoms with van der Waals surface area (Å²) in [6, 6.07) is 11.6. The first-order valence-electron chi connectivity index (χ1n) is 8.87. The van der Waals surface area contributed by atoms with Crippen molar-refractivity contribution in [3.8, 4) is 5.75 Å². The van der Waals surface area contributed by atoms with Gasteiger partial charge < -0.3 is 14.5 Å². The maximum Gasteiger partial charge on any atom is 0.151 e. The summed E-state index contributed by atoms with van der Waals surface area (Å²) < 4.78 is 5.94. The largest absolute Gasteiger partial charge is 0.493 e. The lowest BCUT2D eigenvalue weighted by Gasteiger charge is -2.32. The predicted octanol–water partition coefficient (Wildman–Crippen LogP) is 3.80. The summed E-state index contributed by atoms with van der Waals surface area (Å²) in [7, 11) is 0. The van der Waals surface area contributed by atoms with Gasteiger partial charge in [0, 0.05) is 13.1 Å². The van der Waals surface area contributed by atoms with E-state index >= 15 is 0 Å².